The van der Waals surface area contributed by atoms with E-state index >= 15 is 0 Å². The highest BCUT2D eigenvalue weighted by Gasteiger charge is 2.20. The number of hydrogen-bond acceptors (Lipinski definition) is 8. The van der Waals surface area contributed by atoms with Crippen LogP contribution in [0.2, 0.25) is 0 Å². The first-order chi connectivity index (χ1) is 19.0. The Morgan fingerprint density at radius 2 is 1.40 bits per heavy atom. The normalized spacial score (nSPS) is 12.8. The third-order valence-corrected chi connectivity index (χ3v) is 5.88. The molecule has 1 aliphatic rings. The van der Waals surface area contributed by atoms with Gasteiger partial charge >= 0.3 is 23.9 Å². The van der Waals surface area contributed by atoms with Gasteiger partial charge in [0.2, 0.25) is 0 Å². The molecule has 0 unspecified atom stereocenters. The number of carboxylic acid groups (broad SMARTS) is 4. The van der Waals surface area contributed by atoms with Gasteiger partial charge in [-0.1, -0.05) is 12.1 Å². The first-order valence-electron chi connectivity index (χ1n) is 12.0. The van der Waals surface area contributed by atoms with Crippen LogP contribution in [0.4, 0.5) is 4.39 Å². The molecule has 0 amide bonds. The summed E-state index contributed by atoms with van der Waals surface area (Å²) >= 11 is 0. The van der Waals surface area contributed by atoms with Crippen molar-refractivity contribution in [1.29, 1.82) is 0 Å². The summed E-state index contributed by atoms with van der Waals surface area (Å²) in [6.07, 6.45) is 3.25. The Bertz CT molecular complexity index is 1290. The largest absolute Gasteiger partial charge is 0.493 e. The number of benzene rings is 2. The van der Waals surface area contributed by atoms with Crippen LogP contribution in [-0.2, 0) is 32.1 Å². The molecule has 1 saturated heterocycles. The summed E-state index contributed by atoms with van der Waals surface area (Å²) in [6.45, 7) is 2.77. The highest BCUT2D eigenvalue weighted by atomic mass is 19.1. The fourth-order valence-corrected chi connectivity index (χ4v) is 3.95. The number of methoxy groups -OCH3 is 2. The smallest absolute Gasteiger partial charge is 0.414 e. The Kier molecular flexibility index (Phi) is 11.8. The third kappa shape index (κ3) is 9.23. The minimum Gasteiger partial charge on any atom is -0.493 e. The molecule has 1 aliphatic heterocycles. The monoisotopic (exact) mass is 563 g/mol. The number of ether oxygens (including phenoxy) is 2. The zero-order valence-corrected chi connectivity index (χ0v) is 21.8. The Morgan fingerprint density at radius 1 is 0.900 bits per heavy atom. The summed E-state index contributed by atoms with van der Waals surface area (Å²) in [4.78, 5) is 41.3. The highest BCUT2D eigenvalue weighted by molar-refractivity contribution is 6.27. The van der Waals surface area contributed by atoms with Gasteiger partial charge in [-0.2, -0.15) is 0 Å². The fourth-order valence-electron chi connectivity index (χ4n) is 3.95. The highest BCUT2D eigenvalue weighted by Crippen LogP contribution is 2.33. The van der Waals surface area contributed by atoms with Gasteiger partial charge in [-0.05, 0) is 49.5 Å². The van der Waals surface area contributed by atoms with E-state index in [-0.39, 0.29) is 5.82 Å². The number of imidazole rings is 1. The molecular formula is C26H30FN3O10. The first kappa shape index (κ1) is 31.5. The molecule has 0 spiro atoms. The van der Waals surface area contributed by atoms with Crippen molar-refractivity contribution in [2.24, 2.45) is 5.92 Å². The topological polar surface area (TPSA) is 198 Å². The minimum absolute atomic E-state index is 0.222. The predicted octanol–water partition coefficient (Wildman–Crippen LogP) is 2.09. The molecule has 1 aromatic heterocycles. The summed E-state index contributed by atoms with van der Waals surface area (Å²) in [5, 5.41) is 33.0. The van der Waals surface area contributed by atoms with Crippen LogP contribution in [0, 0.1) is 11.7 Å². The number of piperidine rings is 1. The van der Waals surface area contributed by atoms with E-state index in [1.165, 1.54) is 12.1 Å². The Balaban J connectivity index is 0.000000393. The van der Waals surface area contributed by atoms with E-state index in [9.17, 15) is 4.39 Å². The van der Waals surface area contributed by atoms with Crippen molar-refractivity contribution >= 4 is 34.9 Å². The number of aromatic nitrogens is 2. The summed E-state index contributed by atoms with van der Waals surface area (Å²) in [5.41, 5.74) is 2.94. The quantitative estimate of drug-likeness (QED) is 0.274. The zero-order chi connectivity index (χ0) is 29.8. The summed E-state index contributed by atoms with van der Waals surface area (Å²) < 4.78 is 26.5. The van der Waals surface area contributed by atoms with Crippen LogP contribution in [0.1, 0.15) is 24.2 Å². The zero-order valence-electron chi connectivity index (χ0n) is 21.8. The lowest BCUT2D eigenvalue weighted by atomic mass is 9.94. The molecule has 4 rings (SSSR count). The van der Waals surface area contributed by atoms with Crippen LogP contribution in [-0.4, -0.2) is 81.2 Å². The molecule has 0 atom stereocenters. The molecule has 0 radical (unpaired) electrons. The maximum atomic E-state index is 13.3. The standard InChI is InChI=1S/C22H26FN3O2.2C2H2O4/c1-27-20-12-18-19(13-21(20)28-2)26(14-16-3-5-17(23)6-4-16)22(25-18)11-15-7-9-24-10-8-15;2*3-1(4)2(5)6/h3-6,12-13,15,24H,7-11,14H2,1-2H3;2*(H,3,4)(H,5,6). The van der Waals surface area contributed by atoms with Crippen molar-refractivity contribution in [3.05, 3.63) is 53.6 Å². The lowest BCUT2D eigenvalue weighted by Gasteiger charge is -2.22. The van der Waals surface area contributed by atoms with Gasteiger partial charge in [-0.3, -0.25) is 0 Å². The molecule has 0 aliphatic carbocycles. The Labute approximate surface area is 227 Å². The van der Waals surface area contributed by atoms with Gasteiger partial charge in [-0.25, -0.2) is 28.6 Å². The second kappa shape index (κ2) is 15.0. The molecule has 14 heteroatoms. The van der Waals surface area contributed by atoms with Gasteiger partial charge in [0.15, 0.2) is 11.5 Å². The molecule has 1 fully saturated rings. The molecule has 2 aromatic carbocycles. The number of fused-ring (bicyclic) bond motifs is 1. The molecular weight excluding hydrogens is 533 g/mol. The van der Waals surface area contributed by atoms with Crippen LogP contribution in [0.25, 0.3) is 11.0 Å². The lowest BCUT2D eigenvalue weighted by Crippen LogP contribution is -2.29. The van der Waals surface area contributed by atoms with E-state index in [1.807, 2.05) is 24.3 Å². The van der Waals surface area contributed by atoms with Crippen molar-refractivity contribution in [3.63, 3.8) is 0 Å². The van der Waals surface area contributed by atoms with Crippen LogP contribution in [0.5, 0.6) is 11.5 Å². The van der Waals surface area contributed by atoms with E-state index in [0.29, 0.717) is 24.0 Å². The predicted molar refractivity (Wildman–Crippen MR) is 138 cm³/mol. The summed E-state index contributed by atoms with van der Waals surface area (Å²) in [5.74, 6) is -4.48. The lowest BCUT2D eigenvalue weighted by molar-refractivity contribution is -0.159. The SMILES string of the molecule is COc1cc2nc(CC3CCNCC3)n(Cc3ccc(F)cc3)c2cc1OC.O=C(O)C(=O)O.O=C(O)C(=O)O. The van der Waals surface area contributed by atoms with Crippen molar-refractivity contribution in [2.45, 2.75) is 25.8 Å². The number of carboxylic acids is 4. The number of nitrogens with zero attached hydrogens (tertiary/aromatic N) is 2. The van der Waals surface area contributed by atoms with Crippen molar-refractivity contribution in [3.8, 4) is 11.5 Å². The van der Waals surface area contributed by atoms with Crippen LogP contribution in [0.15, 0.2) is 36.4 Å². The van der Waals surface area contributed by atoms with Gasteiger partial charge in [0.25, 0.3) is 0 Å². The number of rotatable bonds is 6. The number of hydrogen-bond donors (Lipinski definition) is 5. The summed E-state index contributed by atoms with van der Waals surface area (Å²) in [7, 11) is 3.27. The van der Waals surface area contributed by atoms with E-state index in [0.717, 1.165) is 54.8 Å². The van der Waals surface area contributed by atoms with Gasteiger partial charge in [0, 0.05) is 25.1 Å². The number of nitrogens with one attached hydrogen (secondary N) is 1. The average Bonchev–Trinajstić information content (AvgIpc) is 3.25. The van der Waals surface area contributed by atoms with Crippen molar-refractivity contribution in [1.82, 2.24) is 14.9 Å². The average molecular weight is 564 g/mol. The van der Waals surface area contributed by atoms with E-state index < -0.39 is 23.9 Å². The maximum Gasteiger partial charge on any atom is 0.414 e. The molecule has 5 N–H and O–H groups in total. The minimum atomic E-state index is -1.82. The van der Waals surface area contributed by atoms with E-state index in [2.05, 4.69) is 9.88 Å². The molecule has 0 bridgehead atoms. The molecule has 40 heavy (non-hydrogen) atoms. The Morgan fingerprint density at radius 3 is 1.88 bits per heavy atom. The number of carbonyl (C=O) groups is 4. The summed E-state index contributed by atoms with van der Waals surface area (Å²) in [6, 6.07) is 10.6. The van der Waals surface area contributed by atoms with Crippen molar-refractivity contribution < 1.29 is 53.5 Å². The molecule has 13 nitrogen and oxygen atoms in total. The van der Waals surface area contributed by atoms with Crippen LogP contribution in [0.3, 0.4) is 0 Å². The van der Waals surface area contributed by atoms with Gasteiger partial charge in [0.05, 0.1) is 25.3 Å². The number of halogens is 1. The van der Waals surface area contributed by atoms with Gasteiger partial charge in [-0.15, -0.1) is 0 Å². The molecule has 0 saturated carbocycles. The first-order valence-corrected chi connectivity index (χ1v) is 12.0. The maximum absolute atomic E-state index is 13.3. The van der Waals surface area contributed by atoms with E-state index in [4.69, 9.17) is 54.1 Å². The van der Waals surface area contributed by atoms with Gasteiger partial charge in [0.1, 0.15) is 11.6 Å². The molecule has 2 heterocycles. The third-order valence-electron chi connectivity index (χ3n) is 5.88. The second-order valence-electron chi connectivity index (χ2n) is 8.55. The Hall–Kier alpha value is -4.72. The molecule has 3 aromatic rings. The molecule has 216 valence electrons. The fraction of sp³-hybridized carbons (Fsp3) is 0.346. The number of aliphatic carboxylic acids is 4. The second-order valence-corrected chi connectivity index (χ2v) is 8.55. The van der Waals surface area contributed by atoms with E-state index in [1.54, 1.807) is 14.2 Å². The van der Waals surface area contributed by atoms with Crippen LogP contribution >= 0.6 is 0 Å². The van der Waals surface area contributed by atoms with Gasteiger partial charge < -0.3 is 39.8 Å². The van der Waals surface area contributed by atoms with Crippen LogP contribution < -0.4 is 14.8 Å². The van der Waals surface area contributed by atoms with Crippen molar-refractivity contribution in [2.75, 3.05) is 27.3 Å².